The monoisotopic (exact) mass is 1030 g/mol. The van der Waals surface area contributed by atoms with E-state index in [0.29, 0.717) is 10.8 Å². The van der Waals surface area contributed by atoms with Gasteiger partial charge in [0, 0.05) is 59.4 Å². The number of amides is 2. The number of ether oxygens (including phenoxy) is 11. The fourth-order valence-electron chi connectivity index (χ4n) is 5.76. The van der Waals surface area contributed by atoms with Crippen LogP contribution in [0.2, 0.25) is 0 Å². The van der Waals surface area contributed by atoms with Crippen LogP contribution in [0.25, 0.3) is 10.8 Å². The Balaban J connectivity index is 2.49. The van der Waals surface area contributed by atoms with Crippen molar-refractivity contribution in [1.82, 2.24) is 0 Å². The largest absolute Gasteiger partial charge is 0.462 e. The van der Waals surface area contributed by atoms with Crippen LogP contribution in [0.1, 0.15) is 0 Å². The Hall–Kier alpha value is -9.12. The number of carbonyl (C=O) groups is 10. The summed E-state index contributed by atoms with van der Waals surface area (Å²) >= 11 is 0. The molecule has 23 nitrogen and oxygen atoms in total. The number of nitrogens with one attached hydrogen (secondary N) is 2. The van der Waals surface area contributed by atoms with Gasteiger partial charge in [0.25, 0.3) is 0 Å². The fourth-order valence-corrected chi connectivity index (χ4v) is 5.76. The van der Waals surface area contributed by atoms with Crippen molar-refractivity contribution in [3.05, 3.63) is 138 Å². The fraction of sp³-hybridized carbons (Fsp3) is 0.294. The number of hydrogen-bond donors (Lipinski definition) is 2. The Morgan fingerprint density at radius 2 is 0.527 bits per heavy atom. The van der Waals surface area contributed by atoms with Gasteiger partial charge in [0.1, 0.15) is 71.5 Å². The molecule has 0 spiro atoms. The zero-order valence-electron chi connectivity index (χ0n) is 40.3. The first-order chi connectivity index (χ1) is 35.3. The molecule has 2 rings (SSSR count). The Labute approximate surface area is 425 Å². The first-order valence-corrected chi connectivity index (χ1v) is 21.6. The van der Waals surface area contributed by atoms with E-state index in [1.807, 2.05) is 0 Å². The summed E-state index contributed by atoms with van der Waals surface area (Å²) in [6.45, 7) is 19.5. The standard InChI is InChI=1S/C51H56N2O21/c1-9-39(54)65-25-49(26-66-40(55)10-2,27-67-41(56)11-3)23-64-24-50(28-68-42(57)12-4,29-69-43(58)13-5)33-73-47(62)52-37-21-17-20-36-35(37)19-18-22-38(36)53-48(63)74-34-51(30-70-44(59)14-6,31-71-45(60)15-7)32-72-46(61)16-8/h9-22H,1-8,23-34H2,(H,52,62)(H,53,63). The van der Waals surface area contributed by atoms with E-state index in [2.05, 4.69) is 63.3 Å². The van der Waals surface area contributed by atoms with Crippen molar-refractivity contribution < 1.29 is 100 Å². The van der Waals surface area contributed by atoms with Crippen molar-refractivity contribution in [2.24, 2.45) is 16.2 Å². The molecular weight excluding hydrogens is 977 g/mol. The normalized spacial score (nSPS) is 10.8. The van der Waals surface area contributed by atoms with E-state index in [1.165, 1.54) is 24.3 Å². The SMILES string of the molecule is C=CC(=O)OCC(COCC(COC(=O)C=C)(COC(=O)C=C)COC(=O)Nc1cccc2c(NC(=O)OCC(COC(=O)C=C)(COC(=O)C=C)COC(=O)C=C)cccc12)(COC(=O)C=C)COC(=O)C=C. The molecule has 0 saturated carbocycles. The Morgan fingerprint density at radius 3 is 0.743 bits per heavy atom. The molecule has 0 heterocycles. The summed E-state index contributed by atoms with van der Waals surface area (Å²) in [5, 5.41) is 5.86. The quantitative estimate of drug-likeness (QED) is 0.0543. The number of benzene rings is 2. The maximum absolute atomic E-state index is 13.7. The van der Waals surface area contributed by atoms with E-state index in [9.17, 15) is 47.9 Å². The molecule has 74 heavy (non-hydrogen) atoms. The summed E-state index contributed by atoms with van der Waals surface area (Å²) in [6.07, 6.45) is 4.62. The highest BCUT2D eigenvalue weighted by molar-refractivity contribution is 6.07. The lowest BCUT2D eigenvalue weighted by atomic mass is 9.90. The van der Waals surface area contributed by atoms with Gasteiger partial charge in [-0.25, -0.2) is 47.9 Å². The van der Waals surface area contributed by atoms with E-state index in [4.69, 9.17) is 52.1 Å². The van der Waals surface area contributed by atoms with Crippen LogP contribution in [-0.2, 0) is 90.5 Å². The molecule has 396 valence electrons. The Kier molecular flexibility index (Phi) is 25.8. The molecule has 0 fully saturated rings. The molecule has 2 amide bonds. The van der Waals surface area contributed by atoms with Crippen molar-refractivity contribution >= 4 is 82.1 Å². The zero-order valence-corrected chi connectivity index (χ0v) is 40.3. The highest BCUT2D eigenvalue weighted by Gasteiger charge is 2.41. The molecule has 0 aliphatic heterocycles. The Bertz CT molecular complexity index is 2330. The molecule has 0 bridgehead atoms. The highest BCUT2D eigenvalue weighted by Crippen LogP contribution is 2.31. The van der Waals surface area contributed by atoms with Crippen LogP contribution in [0.5, 0.6) is 0 Å². The van der Waals surface area contributed by atoms with Crippen molar-refractivity contribution in [1.29, 1.82) is 0 Å². The van der Waals surface area contributed by atoms with Gasteiger partial charge in [-0.15, -0.1) is 0 Å². The van der Waals surface area contributed by atoms with Crippen LogP contribution >= 0.6 is 0 Å². The molecule has 0 unspecified atom stereocenters. The molecule has 2 N–H and O–H groups in total. The van der Waals surface area contributed by atoms with E-state index in [0.717, 1.165) is 48.6 Å². The van der Waals surface area contributed by atoms with Gasteiger partial charge in [-0.3, -0.25) is 10.6 Å². The summed E-state index contributed by atoms with van der Waals surface area (Å²) in [7, 11) is 0. The van der Waals surface area contributed by atoms with Crippen LogP contribution in [0.4, 0.5) is 21.0 Å². The van der Waals surface area contributed by atoms with Crippen LogP contribution in [0, 0.1) is 16.2 Å². The minimum atomic E-state index is -1.74. The lowest BCUT2D eigenvalue weighted by Gasteiger charge is -2.35. The van der Waals surface area contributed by atoms with Gasteiger partial charge in [0.2, 0.25) is 0 Å². The molecule has 23 heteroatoms. The average molecular weight is 1030 g/mol. The van der Waals surface area contributed by atoms with Crippen LogP contribution in [-0.4, -0.2) is 139 Å². The van der Waals surface area contributed by atoms with Gasteiger partial charge in [0.05, 0.1) is 35.4 Å². The van der Waals surface area contributed by atoms with Crippen molar-refractivity contribution in [2.75, 3.05) is 89.9 Å². The number of carbonyl (C=O) groups excluding carboxylic acids is 10. The molecule has 0 aromatic heterocycles. The van der Waals surface area contributed by atoms with Gasteiger partial charge < -0.3 is 52.1 Å². The minimum Gasteiger partial charge on any atom is -0.462 e. The summed E-state index contributed by atoms with van der Waals surface area (Å²) < 4.78 is 59.0. The predicted octanol–water partition coefficient (Wildman–Crippen LogP) is 4.75. The van der Waals surface area contributed by atoms with Gasteiger partial charge in [-0.2, -0.15) is 0 Å². The van der Waals surface area contributed by atoms with E-state index in [-0.39, 0.29) is 11.4 Å². The van der Waals surface area contributed by atoms with E-state index >= 15 is 0 Å². The van der Waals surface area contributed by atoms with E-state index < -0.39 is 155 Å². The maximum Gasteiger partial charge on any atom is 0.411 e. The number of anilines is 2. The second-order valence-electron chi connectivity index (χ2n) is 15.6. The van der Waals surface area contributed by atoms with Crippen molar-refractivity contribution in [3.8, 4) is 0 Å². The van der Waals surface area contributed by atoms with Crippen molar-refractivity contribution in [3.63, 3.8) is 0 Å². The van der Waals surface area contributed by atoms with E-state index in [1.54, 1.807) is 12.1 Å². The number of fused-ring (bicyclic) bond motifs is 1. The average Bonchev–Trinajstić information content (AvgIpc) is 3.42. The third-order valence-electron chi connectivity index (χ3n) is 9.73. The smallest absolute Gasteiger partial charge is 0.411 e. The highest BCUT2D eigenvalue weighted by atomic mass is 16.6. The second kappa shape index (κ2) is 31.3. The Morgan fingerprint density at radius 1 is 0.324 bits per heavy atom. The number of rotatable bonds is 34. The van der Waals surface area contributed by atoms with Gasteiger partial charge in [-0.05, 0) is 12.1 Å². The van der Waals surface area contributed by atoms with Gasteiger partial charge in [0.15, 0.2) is 0 Å². The molecule has 0 atom stereocenters. The van der Waals surface area contributed by atoms with Gasteiger partial charge in [-0.1, -0.05) is 76.9 Å². The molecule has 0 aliphatic carbocycles. The zero-order chi connectivity index (χ0) is 55.2. The summed E-state index contributed by atoms with van der Waals surface area (Å²) in [6, 6.07) is 9.21. The topological polar surface area (TPSA) is 296 Å². The number of hydrogen-bond acceptors (Lipinski definition) is 21. The molecule has 2 aromatic carbocycles. The third kappa shape index (κ3) is 21.1. The van der Waals surface area contributed by atoms with Crippen LogP contribution in [0.3, 0.4) is 0 Å². The molecule has 0 aliphatic rings. The van der Waals surface area contributed by atoms with Gasteiger partial charge >= 0.3 is 59.9 Å². The summed E-state index contributed by atoms with van der Waals surface area (Å²) in [4.78, 5) is 124. The van der Waals surface area contributed by atoms with Crippen molar-refractivity contribution in [2.45, 2.75) is 0 Å². The molecule has 2 aromatic rings. The minimum absolute atomic E-state index is 0.139. The molecule has 0 radical (unpaired) electrons. The lowest BCUT2D eigenvalue weighted by molar-refractivity contribution is -0.167. The molecular formula is C51H56N2O21. The summed E-state index contributed by atoms with van der Waals surface area (Å²) in [5.74, 6) is -7.25. The predicted molar refractivity (Wildman–Crippen MR) is 261 cm³/mol. The molecule has 0 saturated heterocycles. The first kappa shape index (κ1) is 61.0. The number of esters is 8. The first-order valence-electron chi connectivity index (χ1n) is 21.6. The maximum atomic E-state index is 13.7. The van der Waals surface area contributed by atoms with Crippen LogP contribution in [0.15, 0.2) is 138 Å². The second-order valence-corrected chi connectivity index (χ2v) is 15.6. The third-order valence-corrected chi connectivity index (χ3v) is 9.73. The van der Waals surface area contributed by atoms with Crippen LogP contribution < -0.4 is 10.6 Å². The summed E-state index contributed by atoms with van der Waals surface area (Å²) in [5.41, 5.74) is -4.71. The lowest BCUT2D eigenvalue weighted by Crippen LogP contribution is -2.47.